The van der Waals surface area contributed by atoms with Crippen molar-refractivity contribution in [3.63, 3.8) is 0 Å². The number of esters is 1. The van der Waals surface area contributed by atoms with E-state index in [0.717, 1.165) is 57.5 Å². The number of carbonyl (C=O) groups is 1. The van der Waals surface area contributed by atoms with Crippen molar-refractivity contribution in [1.82, 2.24) is 4.90 Å². The Kier molecular flexibility index (Phi) is 8.92. The summed E-state index contributed by atoms with van der Waals surface area (Å²) in [5, 5.41) is 8.95. The lowest BCUT2D eigenvalue weighted by atomic mass is 9.74. The molecular weight excluding hydrogens is 390 g/mol. The van der Waals surface area contributed by atoms with Crippen LogP contribution in [0.15, 0.2) is 54.6 Å². The molecule has 1 fully saturated rings. The van der Waals surface area contributed by atoms with Crippen molar-refractivity contribution in [2.75, 3.05) is 32.9 Å². The summed E-state index contributed by atoms with van der Waals surface area (Å²) in [5.41, 5.74) is 2.14. The number of rotatable bonds is 11. The van der Waals surface area contributed by atoms with Gasteiger partial charge in [-0.05, 0) is 75.4 Å². The summed E-state index contributed by atoms with van der Waals surface area (Å²) in [6, 6.07) is 18.5. The van der Waals surface area contributed by atoms with Crippen LogP contribution in [0.4, 0.5) is 0 Å². The first-order chi connectivity index (χ1) is 15.1. The van der Waals surface area contributed by atoms with Crippen LogP contribution >= 0.6 is 0 Å². The molecule has 0 aromatic heterocycles. The summed E-state index contributed by atoms with van der Waals surface area (Å²) in [6.07, 6.45) is 4.53. The minimum Gasteiger partial charge on any atom is -0.491 e. The van der Waals surface area contributed by atoms with Gasteiger partial charge in [0.15, 0.2) is 0 Å². The van der Waals surface area contributed by atoms with Crippen molar-refractivity contribution in [1.29, 1.82) is 0 Å². The van der Waals surface area contributed by atoms with E-state index in [1.54, 1.807) is 0 Å². The Balaban J connectivity index is 1.57. The van der Waals surface area contributed by atoms with Crippen LogP contribution in [0.1, 0.15) is 43.7 Å². The molecule has 1 aliphatic heterocycles. The summed E-state index contributed by atoms with van der Waals surface area (Å²) in [5.74, 6) is 0.757. The van der Waals surface area contributed by atoms with E-state index in [0.29, 0.717) is 13.2 Å². The van der Waals surface area contributed by atoms with Gasteiger partial charge >= 0.3 is 5.97 Å². The standard InChI is InChI=1S/C26H35NO4/c1-2-30-25(29)26(13-7-11-22-8-4-3-5-9-22)14-16-27(17-15-26)21-23-10-6-12-24(20-23)31-19-18-28/h3-6,8-10,12,20,28H,2,7,11,13-19,21H2,1H3. The summed E-state index contributed by atoms with van der Waals surface area (Å²) in [4.78, 5) is 15.3. The minimum absolute atomic E-state index is 0.0105. The predicted octanol–water partition coefficient (Wildman–Crippen LogP) is 4.23. The first-order valence-electron chi connectivity index (χ1n) is 11.4. The third kappa shape index (κ3) is 6.81. The van der Waals surface area contributed by atoms with Crippen molar-refractivity contribution in [3.05, 3.63) is 65.7 Å². The Morgan fingerprint density at radius 2 is 1.81 bits per heavy atom. The monoisotopic (exact) mass is 425 g/mol. The van der Waals surface area contributed by atoms with Crippen molar-refractivity contribution in [2.45, 2.75) is 45.6 Å². The van der Waals surface area contributed by atoms with Gasteiger partial charge in [0.25, 0.3) is 0 Å². The van der Waals surface area contributed by atoms with Crippen LogP contribution in [0.5, 0.6) is 5.75 Å². The maximum atomic E-state index is 12.9. The average Bonchev–Trinajstić information content (AvgIpc) is 2.80. The topological polar surface area (TPSA) is 59.0 Å². The van der Waals surface area contributed by atoms with Crippen molar-refractivity contribution in [3.8, 4) is 5.75 Å². The second-order valence-electron chi connectivity index (χ2n) is 8.34. The Morgan fingerprint density at radius 1 is 1.06 bits per heavy atom. The second-order valence-corrected chi connectivity index (χ2v) is 8.34. The van der Waals surface area contributed by atoms with E-state index < -0.39 is 0 Å². The summed E-state index contributed by atoms with van der Waals surface area (Å²) >= 11 is 0. The maximum Gasteiger partial charge on any atom is 0.312 e. The van der Waals surface area contributed by atoms with Gasteiger partial charge in [-0.1, -0.05) is 42.5 Å². The lowest BCUT2D eigenvalue weighted by Crippen LogP contribution is -2.45. The van der Waals surface area contributed by atoms with E-state index >= 15 is 0 Å². The van der Waals surface area contributed by atoms with Gasteiger partial charge in [0.1, 0.15) is 12.4 Å². The number of aliphatic hydroxyl groups excluding tert-OH is 1. The molecule has 0 bridgehead atoms. The third-order valence-electron chi connectivity index (χ3n) is 6.15. The van der Waals surface area contributed by atoms with Crippen LogP contribution in [-0.4, -0.2) is 48.9 Å². The third-order valence-corrected chi connectivity index (χ3v) is 6.15. The molecule has 0 amide bonds. The summed E-state index contributed by atoms with van der Waals surface area (Å²) in [7, 11) is 0. The number of ether oxygens (including phenoxy) is 2. The molecule has 31 heavy (non-hydrogen) atoms. The minimum atomic E-state index is -0.368. The van der Waals surface area contributed by atoms with Crippen LogP contribution in [0.25, 0.3) is 0 Å². The fraction of sp³-hybridized carbons (Fsp3) is 0.500. The van der Waals surface area contributed by atoms with E-state index in [1.165, 1.54) is 11.1 Å². The SMILES string of the molecule is CCOC(=O)C1(CCCc2ccccc2)CCN(Cc2cccc(OCCO)c2)CC1. The lowest BCUT2D eigenvalue weighted by molar-refractivity contribution is -0.159. The van der Waals surface area contributed by atoms with Gasteiger partial charge in [0.05, 0.1) is 18.6 Å². The highest BCUT2D eigenvalue weighted by molar-refractivity contribution is 5.77. The molecule has 0 aliphatic carbocycles. The number of hydrogen-bond acceptors (Lipinski definition) is 5. The molecule has 2 aromatic carbocycles. The predicted molar refractivity (Wildman–Crippen MR) is 122 cm³/mol. The van der Waals surface area contributed by atoms with Gasteiger partial charge in [-0.2, -0.15) is 0 Å². The zero-order valence-electron chi connectivity index (χ0n) is 18.6. The molecule has 5 heteroatoms. The van der Waals surface area contributed by atoms with Crippen LogP contribution in [0.3, 0.4) is 0 Å². The molecule has 0 saturated carbocycles. The van der Waals surface area contributed by atoms with Crippen LogP contribution in [0, 0.1) is 5.41 Å². The molecule has 5 nitrogen and oxygen atoms in total. The first-order valence-corrected chi connectivity index (χ1v) is 11.4. The largest absolute Gasteiger partial charge is 0.491 e. The number of piperidine rings is 1. The van der Waals surface area contributed by atoms with E-state index in [1.807, 2.05) is 31.2 Å². The van der Waals surface area contributed by atoms with Gasteiger partial charge < -0.3 is 14.6 Å². The summed E-state index contributed by atoms with van der Waals surface area (Å²) in [6.45, 7) is 5.23. The van der Waals surface area contributed by atoms with Gasteiger partial charge in [-0.25, -0.2) is 0 Å². The molecule has 0 spiro atoms. The van der Waals surface area contributed by atoms with Crippen LogP contribution in [0.2, 0.25) is 0 Å². The molecule has 1 saturated heterocycles. The smallest absolute Gasteiger partial charge is 0.312 e. The van der Waals surface area contributed by atoms with Gasteiger partial charge in [-0.3, -0.25) is 9.69 Å². The molecule has 1 aliphatic rings. The van der Waals surface area contributed by atoms with Crippen molar-refractivity contribution < 1.29 is 19.4 Å². The molecule has 3 rings (SSSR count). The number of benzene rings is 2. The fourth-order valence-corrected chi connectivity index (χ4v) is 4.41. The Labute approximate surface area is 186 Å². The number of aryl methyl sites for hydroxylation is 1. The highest BCUT2D eigenvalue weighted by Crippen LogP contribution is 2.38. The molecule has 0 unspecified atom stereocenters. The molecule has 0 atom stereocenters. The Morgan fingerprint density at radius 3 is 2.52 bits per heavy atom. The number of hydrogen-bond donors (Lipinski definition) is 1. The van der Waals surface area contributed by atoms with Gasteiger partial charge in [0.2, 0.25) is 0 Å². The molecular formula is C26H35NO4. The van der Waals surface area contributed by atoms with E-state index in [4.69, 9.17) is 14.6 Å². The van der Waals surface area contributed by atoms with Gasteiger partial charge in [-0.15, -0.1) is 0 Å². The van der Waals surface area contributed by atoms with E-state index in [2.05, 4.69) is 35.2 Å². The van der Waals surface area contributed by atoms with Crippen LogP contribution < -0.4 is 4.74 Å². The first kappa shape index (κ1) is 23.3. The number of nitrogens with zero attached hydrogens (tertiary/aromatic N) is 1. The maximum absolute atomic E-state index is 12.9. The molecule has 1 heterocycles. The quantitative estimate of drug-likeness (QED) is 0.546. The summed E-state index contributed by atoms with van der Waals surface area (Å²) < 4.78 is 11.0. The van der Waals surface area contributed by atoms with Crippen molar-refractivity contribution >= 4 is 5.97 Å². The molecule has 1 N–H and O–H groups in total. The van der Waals surface area contributed by atoms with Crippen LogP contribution in [-0.2, 0) is 22.5 Å². The molecule has 2 aromatic rings. The highest BCUT2D eigenvalue weighted by atomic mass is 16.5. The molecule has 168 valence electrons. The Bertz CT molecular complexity index is 800. The normalized spacial score (nSPS) is 16.1. The van der Waals surface area contributed by atoms with E-state index in [9.17, 15) is 4.79 Å². The van der Waals surface area contributed by atoms with Crippen molar-refractivity contribution in [2.24, 2.45) is 5.41 Å². The number of aliphatic hydroxyl groups is 1. The average molecular weight is 426 g/mol. The van der Waals surface area contributed by atoms with Gasteiger partial charge in [0, 0.05) is 6.54 Å². The number of likely N-dealkylation sites (tertiary alicyclic amines) is 1. The van der Waals surface area contributed by atoms with E-state index in [-0.39, 0.29) is 18.0 Å². The molecule has 0 radical (unpaired) electrons. The zero-order valence-corrected chi connectivity index (χ0v) is 18.6. The number of carbonyl (C=O) groups excluding carboxylic acids is 1. The highest BCUT2D eigenvalue weighted by Gasteiger charge is 2.42. The lowest BCUT2D eigenvalue weighted by Gasteiger charge is -2.40. The fourth-order valence-electron chi connectivity index (χ4n) is 4.41. The zero-order chi connectivity index (χ0) is 21.9. The second kappa shape index (κ2) is 11.9. The Hall–Kier alpha value is -2.37.